The van der Waals surface area contributed by atoms with Gasteiger partial charge in [-0.15, -0.1) is 0 Å². The molecule has 10 heteroatoms. The van der Waals surface area contributed by atoms with Crippen molar-refractivity contribution in [1.29, 1.82) is 0 Å². The lowest BCUT2D eigenvalue weighted by molar-refractivity contribution is -0.122. The van der Waals surface area contributed by atoms with Crippen molar-refractivity contribution in [3.63, 3.8) is 0 Å². The zero-order valence-corrected chi connectivity index (χ0v) is 19.1. The van der Waals surface area contributed by atoms with Gasteiger partial charge in [0.2, 0.25) is 5.91 Å². The van der Waals surface area contributed by atoms with E-state index in [-0.39, 0.29) is 23.1 Å². The molecule has 0 aliphatic carbocycles. The summed E-state index contributed by atoms with van der Waals surface area (Å²) in [5.41, 5.74) is 1.28. The molecule has 0 spiro atoms. The molecule has 1 aliphatic rings. The van der Waals surface area contributed by atoms with E-state index in [9.17, 15) is 18.0 Å². The standard InChI is InChI=1S/C23H20ClN3O5S/c1-15(28)25-17-5-4-6-18(13-17)26-23(29)22-14-27(20-7-2-3-8-21(20)32-22)33(30,31)19-11-9-16(24)10-12-19/h2-13,22H,14H2,1H3,(H,25,28)(H,26,29). The summed E-state index contributed by atoms with van der Waals surface area (Å²) in [6.07, 6.45) is -1.11. The lowest BCUT2D eigenvalue weighted by Crippen LogP contribution is -2.48. The molecule has 3 aromatic carbocycles. The SMILES string of the molecule is CC(=O)Nc1cccc(NC(=O)C2CN(S(=O)(=O)c3ccc(Cl)cc3)c3ccccc3O2)c1. The number of para-hydroxylation sites is 2. The van der Waals surface area contributed by atoms with Gasteiger partial charge in [-0.25, -0.2) is 8.42 Å². The number of carbonyl (C=O) groups is 2. The van der Waals surface area contributed by atoms with Gasteiger partial charge in [0.1, 0.15) is 5.75 Å². The summed E-state index contributed by atoms with van der Waals surface area (Å²) in [7, 11) is -3.98. The number of amides is 2. The number of nitrogens with zero attached hydrogens (tertiary/aromatic N) is 1. The number of nitrogens with one attached hydrogen (secondary N) is 2. The predicted molar refractivity (Wildman–Crippen MR) is 126 cm³/mol. The van der Waals surface area contributed by atoms with Crippen LogP contribution in [0.5, 0.6) is 5.75 Å². The Morgan fingerprint density at radius 3 is 2.33 bits per heavy atom. The quantitative estimate of drug-likeness (QED) is 0.570. The van der Waals surface area contributed by atoms with Gasteiger partial charge in [-0.05, 0) is 54.6 Å². The largest absolute Gasteiger partial charge is 0.476 e. The summed E-state index contributed by atoms with van der Waals surface area (Å²) in [4.78, 5) is 24.3. The maximum absolute atomic E-state index is 13.4. The number of hydrogen-bond donors (Lipinski definition) is 2. The van der Waals surface area contributed by atoms with E-state index in [4.69, 9.17) is 16.3 Å². The van der Waals surface area contributed by atoms with E-state index in [0.29, 0.717) is 22.1 Å². The van der Waals surface area contributed by atoms with Crippen molar-refractivity contribution >= 4 is 50.5 Å². The topological polar surface area (TPSA) is 105 Å². The number of rotatable bonds is 5. The van der Waals surface area contributed by atoms with Gasteiger partial charge in [-0.2, -0.15) is 0 Å². The number of hydrogen-bond acceptors (Lipinski definition) is 5. The van der Waals surface area contributed by atoms with E-state index >= 15 is 0 Å². The summed E-state index contributed by atoms with van der Waals surface area (Å²) in [6.45, 7) is 1.16. The zero-order valence-electron chi connectivity index (χ0n) is 17.5. The molecule has 3 aromatic rings. The highest BCUT2D eigenvalue weighted by Crippen LogP contribution is 2.37. The van der Waals surface area contributed by atoms with Crippen LogP contribution in [0.3, 0.4) is 0 Å². The van der Waals surface area contributed by atoms with E-state index in [1.807, 2.05) is 0 Å². The van der Waals surface area contributed by atoms with E-state index in [1.54, 1.807) is 48.5 Å². The van der Waals surface area contributed by atoms with Crippen LogP contribution in [-0.2, 0) is 19.6 Å². The molecule has 0 aromatic heterocycles. The highest BCUT2D eigenvalue weighted by Gasteiger charge is 2.37. The van der Waals surface area contributed by atoms with Gasteiger partial charge in [0.05, 0.1) is 17.1 Å². The second-order valence-electron chi connectivity index (χ2n) is 7.32. The van der Waals surface area contributed by atoms with E-state index < -0.39 is 22.0 Å². The van der Waals surface area contributed by atoms with E-state index in [2.05, 4.69) is 10.6 Å². The molecule has 2 N–H and O–H groups in total. The fraction of sp³-hybridized carbons (Fsp3) is 0.130. The highest BCUT2D eigenvalue weighted by atomic mass is 35.5. The second kappa shape index (κ2) is 9.13. The van der Waals surface area contributed by atoms with Crippen molar-refractivity contribution in [2.45, 2.75) is 17.9 Å². The van der Waals surface area contributed by atoms with Crippen molar-refractivity contribution in [2.75, 3.05) is 21.5 Å². The monoisotopic (exact) mass is 485 g/mol. The summed E-state index contributed by atoms with van der Waals surface area (Å²) < 4.78 is 33.8. The summed E-state index contributed by atoms with van der Waals surface area (Å²) in [5.74, 6) is -0.497. The Morgan fingerprint density at radius 1 is 0.970 bits per heavy atom. The molecule has 0 saturated carbocycles. The van der Waals surface area contributed by atoms with Gasteiger partial charge >= 0.3 is 0 Å². The Kier molecular flexibility index (Phi) is 6.26. The summed E-state index contributed by atoms with van der Waals surface area (Å²) >= 11 is 5.90. The van der Waals surface area contributed by atoms with Gasteiger partial charge in [0.25, 0.3) is 15.9 Å². The van der Waals surface area contributed by atoms with Crippen LogP contribution in [0.25, 0.3) is 0 Å². The van der Waals surface area contributed by atoms with Gasteiger partial charge in [-0.3, -0.25) is 13.9 Å². The first kappa shape index (κ1) is 22.6. The molecule has 1 heterocycles. The lowest BCUT2D eigenvalue weighted by Gasteiger charge is -2.34. The van der Waals surface area contributed by atoms with Gasteiger partial charge < -0.3 is 15.4 Å². The van der Waals surface area contributed by atoms with Crippen LogP contribution in [0.1, 0.15) is 6.92 Å². The highest BCUT2D eigenvalue weighted by molar-refractivity contribution is 7.92. The Hall–Kier alpha value is -3.56. The Labute approximate surface area is 196 Å². The normalized spacial score (nSPS) is 15.2. The lowest BCUT2D eigenvalue weighted by atomic mass is 10.2. The van der Waals surface area contributed by atoms with Gasteiger partial charge in [-0.1, -0.05) is 29.8 Å². The molecular formula is C23H20ClN3O5S. The Bertz CT molecular complexity index is 1310. The van der Waals surface area contributed by atoms with Gasteiger partial charge in [0, 0.05) is 23.3 Å². The Balaban J connectivity index is 1.62. The molecule has 1 atom stereocenters. The van der Waals surface area contributed by atoms with Crippen molar-refractivity contribution in [3.05, 3.63) is 77.8 Å². The molecule has 0 bridgehead atoms. The molecule has 8 nitrogen and oxygen atoms in total. The van der Waals surface area contributed by atoms with Crippen LogP contribution in [0.4, 0.5) is 17.1 Å². The van der Waals surface area contributed by atoms with Crippen LogP contribution in [0, 0.1) is 0 Å². The minimum absolute atomic E-state index is 0.0470. The molecule has 1 unspecified atom stereocenters. The third-order valence-corrected chi connectivity index (χ3v) is 6.93. The average molecular weight is 486 g/mol. The van der Waals surface area contributed by atoms with Crippen LogP contribution < -0.4 is 19.7 Å². The van der Waals surface area contributed by atoms with Crippen LogP contribution >= 0.6 is 11.6 Å². The molecule has 0 radical (unpaired) electrons. The molecule has 4 rings (SSSR count). The summed E-state index contributed by atoms with van der Waals surface area (Å²) in [5, 5.41) is 5.77. The van der Waals surface area contributed by atoms with E-state index in [1.165, 1.54) is 31.2 Å². The molecule has 1 aliphatic heterocycles. The molecule has 0 saturated heterocycles. The van der Waals surface area contributed by atoms with Crippen molar-refractivity contribution in [1.82, 2.24) is 0 Å². The number of ether oxygens (including phenoxy) is 1. The molecule has 33 heavy (non-hydrogen) atoms. The van der Waals surface area contributed by atoms with Gasteiger partial charge in [0.15, 0.2) is 6.10 Å². The Morgan fingerprint density at radius 2 is 1.64 bits per heavy atom. The van der Waals surface area contributed by atoms with Crippen molar-refractivity contribution in [2.24, 2.45) is 0 Å². The smallest absolute Gasteiger partial charge is 0.267 e. The first-order valence-corrected chi connectivity index (χ1v) is 11.8. The number of fused-ring (bicyclic) bond motifs is 1. The maximum Gasteiger partial charge on any atom is 0.267 e. The van der Waals surface area contributed by atoms with Crippen molar-refractivity contribution in [3.8, 4) is 5.75 Å². The first-order chi connectivity index (χ1) is 15.7. The average Bonchev–Trinajstić information content (AvgIpc) is 2.78. The van der Waals surface area contributed by atoms with E-state index in [0.717, 1.165) is 4.31 Å². The molecular weight excluding hydrogens is 466 g/mol. The number of anilines is 3. The zero-order chi connectivity index (χ0) is 23.6. The first-order valence-electron chi connectivity index (χ1n) is 9.96. The summed E-state index contributed by atoms with van der Waals surface area (Å²) in [6, 6.07) is 19.0. The molecule has 170 valence electrons. The molecule has 2 amide bonds. The fourth-order valence-electron chi connectivity index (χ4n) is 3.40. The fourth-order valence-corrected chi connectivity index (χ4v) is 5.00. The number of benzene rings is 3. The minimum Gasteiger partial charge on any atom is -0.476 e. The third-order valence-electron chi connectivity index (χ3n) is 4.88. The second-order valence-corrected chi connectivity index (χ2v) is 9.61. The molecule has 0 fully saturated rings. The van der Waals surface area contributed by atoms with Crippen molar-refractivity contribution < 1.29 is 22.7 Å². The number of carbonyl (C=O) groups excluding carboxylic acids is 2. The maximum atomic E-state index is 13.4. The third kappa shape index (κ3) is 4.94. The van der Waals surface area contributed by atoms with Crippen LogP contribution in [0.15, 0.2) is 77.7 Å². The predicted octanol–water partition coefficient (Wildman–Crippen LogP) is 3.89. The minimum atomic E-state index is -3.98. The van der Waals surface area contributed by atoms with Crippen LogP contribution in [-0.4, -0.2) is 32.9 Å². The van der Waals surface area contributed by atoms with Crippen LogP contribution in [0.2, 0.25) is 5.02 Å². The number of sulfonamides is 1. The number of halogens is 1.